The molecule has 6 rings (SSSR count). The molecule has 174 valence electrons. The van der Waals surface area contributed by atoms with Crippen molar-refractivity contribution in [2.24, 2.45) is 0 Å². The molecule has 4 aromatic carbocycles. The van der Waals surface area contributed by atoms with Crippen molar-refractivity contribution in [3.05, 3.63) is 148 Å². The van der Waals surface area contributed by atoms with Gasteiger partial charge in [0.15, 0.2) is 0 Å². The average molecular weight is 468 g/mol. The summed E-state index contributed by atoms with van der Waals surface area (Å²) < 4.78 is 4.03. The molecule has 0 radical (unpaired) electrons. The Morgan fingerprint density at radius 1 is 0.639 bits per heavy atom. The van der Waals surface area contributed by atoms with Crippen molar-refractivity contribution < 1.29 is 0 Å². The van der Waals surface area contributed by atoms with E-state index >= 15 is 0 Å². The lowest BCUT2D eigenvalue weighted by molar-refractivity contribution is 0.738. The number of nitrogens with zero attached hydrogens (tertiary/aromatic N) is 3. The number of benzene rings is 4. The normalized spacial score (nSPS) is 11.6. The van der Waals surface area contributed by atoms with Crippen LogP contribution in [-0.2, 0) is 13.1 Å². The van der Waals surface area contributed by atoms with E-state index in [0.29, 0.717) is 23.3 Å². The summed E-state index contributed by atoms with van der Waals surface area (Å²) in [5.74, 6) is 0.641. The van der Waals surface area contributed by atoms with E-state index < -0.39 is 0 Å². The van der Waals surface area contributed by atoms with E-state index in [2.05, 4.69) is 65.4 Å². The maximum atomic E-state index is 13.5. The van der Waals surface area contributed by atoms with E-state index in [0.717, 1.165) is 17.7 Å². The Bertz CT molecular complexity index is 1750. The van der Waals surface area contributed by atoms with Crippen molar-refractivity contribution in [2.45, 2.75) is 13.1 Å². The molecule has 0 aliphatic carbocycles. The van der Waals surface area contributed by atoms with Gasteiger partial charge in [-0.3, -0.25) is 9.36 Å². The summed E-state index contributed by atoms with van der Waals surface area (Å²) in [7, 11) is 0. The summed E-state index contributed by atoms with van der Waals surface area (Å²) in [5, 5.41) is 1.80. The lowest BCUT2D eigenvalue weighted by Gasteiger charge is -2.11. The molecule has 0 unspecified atom stereocenters. The van der Waals surface area contributed by atoms with Gasteiger partial charge in [0.2, 0.25) is 0 Å². The zero-order valence-corrected chi connectivity index (χ0v) is 19.8. The van der Waals surface area contributed by atoms with Crippen LogP contribution < -0.4 is 5.56 Å². The van der Waals surface area contributed by atoms with Crippen molar-refractivity contribution >= 4 is 34.0 Å². The van der Waals surface area contributed by atoms with Gasteiger partial charge in [-0.2, -0.15) is 0 Å². The third-order valence-electron chi connectivity index (χ3n) is 6.50. The van der Waals surface area contributed by atoms with Crippen LogP contribution >= 0.6 is 0 Å². The van der Waals surface area contributed by atoms with Crippen LogP contribution in [0.3, 0.4) is 0 Å². The predicted octanol–water partition coefficient (Wildman–Crippen LogP) is 6.62. The Balaban J connectivity index is 1.45. The van der Waals surface area contributed by atoms with Gasteiger partial charge >= 0.3 is 0 Å². The highest BCUT2D eigenvalue weighted by atomic mass is 16.1. The lowest BCUT2D eigenvalue weighted by atomic mass is 10.1. The van der Waals surface area contributed by atoms with Gasteiger partial charge in [-0.1, -0.05) is 91.0 Å². The first-order chi connectivity index (χ1) is 17.8. The Kier molecular flexibility index (Phi) is 5.76. The van der Waals surface area contributed by atoms with Gasteiger partial charge in [0.25, 0.3) is 5.56 Å². The van der Waals surface area contributed by atoms with Crippen LogP contribution in [-0.4, -0.2) is 14.1 Å². The molecule has 0 saturated heterocycles. The van der Waals surface area contributed by atoms with Gasteiger partial charge in [-0.05, 0) is 41.5 Å². The molecule has 4 heteroatoms. The predicted molar refractivity (Wildman–Crippen MR) is 148 cm³/mol. The SMILES string of the molecule is O=c1c2ccccc2nc(/C=C/c2cn(Cc3ccccc3)c3ccccc23)n1Cc1ccccc1. The summed E-state index contributed by atoms with van der Waals surface area (Å²) in [6.07, 6.45) is 6.21. The number of fused-ring (bicyclic) bond motifs is 2. The lowest BCUT2D eigenvalue weighted by Crippen LogP contribution is -2.24. The largest absolute Gasteiger partial charge is 0.342 e. The third-order valence-corrected chi connectivity index (χ3v) is 6.50. The molecule has 0 aliphatic rings. The minimum atomic E-state index is -0.0318. The van der Waals surface area contributed by atoms with Crippen molar-refractivity contribution in [3.63, 3.8) is 0 Å². The molecular formula is C32H25N3O. The van der Waals surface area contributed by atoms with Crippen molar-refractivity contribution in [3.8, 4) is 0 Å². The number of aromatic nitrogens is 3. The van der Waals surface area contributed by atoms with Crippen LogP contribution in [0.15, 0.2) is 120 Å². The standard InChI is InChI=1S/C32H25N3O/c36-32-28-16-7-9-17-29(28)33-31(35(32)22-25-13-5-2-6-14-25)20-19-26-23-34(21-24-11-3-1-4-12-24)30-18-10-8-15-27(26)30/h1-20,23H,21-22H2/b20-19+. The zero-order valence-electron chi connectivity index (χ0n) is 19.8. The number of rotatable bonds is 6. The Morgan fingerprint density at radius 2 is 1.25 bits per heavy atom. The topological polar surface area (TPSA) is 39.8 Å². The summed E-state index contributed by atoms with van der Waals surface area (Å²) in [6, 6.07) is 36.5. The van der Waals surface area contributed by atoms with Gasteiger partial charge in [-0.15, -0.1) is 0 Å². The van der Waals surface area contributed by atoms with E-state index in [9.17, 15) is 4.79 Å². The van der Waals surface area contributed by atoms with Gasteiger partial charge in [0.05, 0.1) is 17.4 Å². The van der Waals surface area contributed by atoms with Crippen LogP contribution in [0.1, 0.15) is 22.5 Å². The molecule has 0 spiro atoms. The molecule has 0 N–H and O–H groups in total. The van der Waals surface area contributed by atoms with Gasteiger partial charge < -0.3 is 4.57 Å². The number of hydrogen-bond acceptors (Lipinski definition) is 2. The van der Waals surface area contributed by atoms with E-state index in [1.54, 1.807) is 4.57 Å². The monoisotopic (exact) mass is 467 g/mol. The maximum Gasteiger partial charge on any atom is 0.261 e. The second kappa shape index (κ2) is 9.51. The molecule has 0 bridgehead atoms. The van der Waals surface area contributed by atoms with Crippen LogP contribution in [0.5, 0.6) is 0 Å². The quantitative estimate of drug-likeness (QED) is 0.276. The molecule has 36 heavy (non-hydrogen) atoms. The number of para-hydroxylation sites is 2. The van der Waals surface area contributed by atoms with E-state index in [-0.39, 0.29) is 5.56 Å². The highest BCUT2D eigenvalue weighted by Gasteiger charge is 2.11. The fourth-order valence-electron chi connectivity index (χ4n) is 4.71. The first-order valence-corrected chi connectivity index (χ1v) is 12.1. The van der Waals surface area contributed by atoms with Gasteiger partial charge in [0, 0.05) is 29.2 Å². The zero-order chi connectivity index (χ0) is 24.3. The molecule has 0 saturated carbocycles. The smallest absolute Gasteiger partial charge is 0.261 e. The Hall–Kier alpha value is -4.70. The van der Waals surface area contributed by atoms with Crippen LogP contribution in [0.2, 0.25) is 0 Å². The molecule has 0 fully saturated rings. The van der Waals surface area contributed by atoms with E-state index in [4.69, 9.17) is 4.98 Å². The Labute approximate surface area is 209 Å². The average Bonchev–Trinajstić information content (AvgIpc) is 3.28. The van der Waals surface area contributed by atoms with Crippen LogP contribution in [0.4, 0.5) is 0 Å². The molecule has 2 heterocycles. The molecule has 2 aromatic heterocycles. The minimum Gasteiger partial charge on any atom is -0.342 e. The summed E-state index contributed by atoms with van der Waals surface area (Å²) >= 11 is 0. The van der Waals surface area contributed by atoms with Gasteiger partial charge in [-0.25, -0.2) is 4.98 Å². The van der Waals surface area contributed by atoms with Crippen molar-refractivity contribution in [1.82, 2.24) is 14.1 Å². The summed E-state index contributed by atoms with van der Waals surface area (Å²) in [4.78, 5) is 18.3. The maximum absolute atomic E-state index is 13.5. The minimum absolute atomic E-state index is 0.0318. The van der Waals surface area contributed by atoms with Gasteiger partial charge in [0.1, 0.15) is 5.82 Å². The molecular weight excluding hydrogens is 442 g/mol. The van der Waals surface area contributed by atoms with Crippen molar-refractivity contribution in [2.75, 3.05) is 0 Å². The van der Waals surface area contributed by atoms with E-state index in [1.807, 2.05) is 66.7 Å². The summed E-state index contributed by atoms with van der Waals surface area (Å²) in [6.45, 7) is 1.26. The first kappa shape index (κ1) is 21.8. The highest BCUT2D eigenvalue weighted by Crippen LogP contribution is 2.24. The first-order valence-electron chi connectivity index (χ1n) is 12.1. The second-order valence-electron chi connectivity index (χ2n) is 8.91. The van der Waals surface area contributed by atoms with Crippen LogP contribution in [0.25, 0.3) is 34.0 Å². The number of hydrogen-bond donors (Lipinski definition) is 0. The third kappa shape index (κ3) is 4.25. The summed E-state index contributed by atoms with van der Waals surface area (Å²) in [5.41, 5.74) is 5.25. The molecule has 6 aromatic rings. The molecule has 4 nitrogen and oxygen atoms in total. The van der Waals surface area contributed by atoms with E-state index in [1.165, 1.54) is 16.5 Å². The molecule has 0 atom stereocenters. The molecule has 0 amide bonds. The Morgan fingerprint density at radius 3 is 2.00 bits per heavy atom. The fraction of sp³-hybridized carbons (Fsp3) is 0.0625. The highest BCUT2D eigenvalue weighted by molar-refractivity contribution is 5.92. The molecule has 0 aliphatic heterocycles. The fourth-order valence-corrected chi connectivity index (χ4v) is 4.71. The van der Waals surface area contributed by atoms with Crippen LogP contribution in [0, 0.1) is 0 Å². The van der Waals surface area contributed by atoms with Crippen molar-refractivity contribution in [1.29, 1.82) is 0 Å². The second-order valence-corrected chi connectivity index (χ2v) is 8.91.